The molecule has 5 nitrogen and oxygen atoms in total. The van der Waals surface area contributed by atoms with Gasteiger partial charge >= 0.3 is 0 Å². The van der Waals surface area contributed by atoms with Gasteiger partial charge in [-0.05, 0) is 48.4 Å². The predicted octanol–water partition coefficient (Wildman–Crippen LogP) is 4.59. The molecule has 152 valence electrons. The van der Waals surface area contributed by atoms with Crippen molar-refractivity contribution < 1.29 is 13.2 Å². The van der Waals surface area contributed by atoms with Crippen molar-refractivity contribution in [3.05, 3.63) is 90.0 Å². The van der Waals surface area contributed by atoms with Crippen LogP contribution < -0.4 is 4.90 Å². The van der Waals surface area contributed by atoms with Gasteiger partial charge in [0.1, 0.15) is 0 Å². The number of carbonyl (C=O) groups excluding carboxylic acids is 1. The molecule has 4 rings (SSSR count). The van der Waals surface area contributed by atoms with Gasteiger partial charge in [0, 0.05) is 18.4 Å². The van der Waals surface area contributed by atoms with Gasteiger partial charge in [-0.3, -0.25) is 9.69 Å². The first-order valence-corrected chi connectivity index (χ1v) is 12.1. The summed E-state index contributed by atoms with van der Waals surface area (Å²) in [5.74, 6) is -0.204. The monoisotopic (exact) mass is 436 g/mol. The summed E-state index contributed by atoms with van der Waals surface area (Å²) in [5.41, 5.74) is 2.40. The van der Waals surface area contributed by atoms with Crippen LogP contribution in [-0.2, 0) is 16.3 Å². The van der Waals surface area contributed by atoms with E-state index in [1.807, 2.05) is 54.6 Å². The molecule has 7 heteroatoms. The molecule has 0 spiro atoms. The SMILES string of the molecule is CS(=O)(=O)c1ccc(C(=O)N(CCc2ccccc2)c2nc3ccccc3s2)cc1. The standard InChI is InChI=1S/C23H20N2O3S2/c1-30(27,28)19-13-11-18(12-14-19)22(26)25(16-15-17-7-3-2-4-8-17)23-24-20-9-5-6-10-21(20)29-23/h2-14H,15-16H2,1H3. The maximum atomic E-state index is 13.3. The van der Waals surface area contributed by atoms with E-state index in [9.17, 15) is 13.2 Å². The van der Waals surface area contributed by atoms with E-state index in [0.717, 1.165) is 22.0 Å². The zero-order valence-electron chi connectivity index (χ0n) is 16.4. The van der Waals surface area contributed by atoms with Crippen LogP contribution >= 0.6 is 11.3 Å². The molecule has 0 aliphatic carbocycles. The number of aromatic nitrogens is 1. The molecule has 0 N–H and O–H groups in total. The van der Waals surface area contributed by atoms with Crippen LogP contribution in [0, 0.1) is 0 Å². The lowest BCUT2D eigenvalue weighted by atomic mass is 10.1. The number of para-hydroxylation sites is 1. The minimum absolute atomic E-state index is 0.190. The van der Waals surface area contributed by atoms with E-state index in [0.29, 0.717) is 23.7 Å². The highest BCUT2D eigenvalue weighted by Crippen LogP contribution is 2.30. The number of sulfone groups is 1. The Hall–Kier alpha value is -3.03. The molecule has 0 aliphatic rings. The first-order valence-electron chi connectivity index (χ1n) is 9.43. The van der Waals surface area contributed by atoms with Crippen molar-refractivity contribution in [2.24, 2.45) is 0 Å². The fourth-order valence-electron chi connectivity index (χ4n) is 3.15. The molecule has 0 saturated heterocycles. The second-order valence-corrected chi connectivity index (χ2v) is 9.98. The maximum Gasteiger partial charge on any atom is 0.260 e. The van der Waals surface area contributed by atoms with Crippen molar-refractivity contribution in [1.82, 2.24) is 4.98 Å². The summed E-state index contributed by atoms with van der Waals surface area (Å²) in [5, 5.41) is 0.629. The first kappa shape index (κ1) is 20.3. The Morgan fingerprint density at radius 2 is 1.60 bits per heavy atom. The topological polar surface area (TPSA) is 67.3 Å². The molecule has 30 heavy (non-hydrogen) atoms. The largest absolute Gasteiger partial charge is 0.284 e. The van der Waals surface area contributed by atoms with E-state index >= 15 is 0 Å². The number of hydrogen-bond donors (Lipinski definition) is 0. The molecule has 4 aromatic rings. The number of amides is 1. The Morgan fingerprint density at radius 1 is 0.933 bits per heavy atom. The van der Waals surface area contributed by atoms with Crippen LogP contribution in [0.1, 0.15) is 15.9 Å². The fraction of sp³-hybridized carbons (Fsp3) is 0.130. The summed E-state index contributed by atoms with van der Waals surface area (Å²) in [6.45, 7) is 0.469. The van der Waals surface area contributed by atoms with Gasteiger partial charge < -0.3 is 0 Å². The highest BCUT2D eigenvalue weighted by molar-refractivity contribution is 7.90. The average molecular weight is 437 g/mol. The van der Waals surface area contributed by atoms with E-state index in [4.69, 9.17) is 0 Å². The second kappa shape index (κ2) is 8.38. The van der Waals surface area contributed by atoms with Crippen LogP contribution in [0.3, 0.4) is 0 Å². The smallest absolute Gasteiger partial charge is 0.260 e. The summed E-state index contributed by atoms with van der Waals surface area (Å²) in [4.78, 5) is 19.9. The summed E-state index contributed by atoms with van der Waals surface area (Å²) in [6.07, 6.45) is 1.83. The van der Waals surface area contributed by atoms with Crippen LogP contribution in [0.2, 0.25) is 0 Å². The van der Waals surface area contributed by atoms with Gasteiger partial charge in [-0.1, -0.05) is 53.8 Å². The highest BCUT2D eigenvalue weighted by atomic mass is 32.2. The lowest BCUT2D eigenvalue weighted by molar-refractivity contribution is 0.0987. The Kier molecular flexibility index (Phi) is 5.65. The molecule has 1 amide bonds. The lowest BCUT2D eigenvalue weighted by Gasteiger charge is -2.20. The zero-order chi connectivity index (χ0) is 21.1. The van der Waals surface area contributed by atoms with Crippen molar-refractivity contribution in [3.8, 4) is 0 Å². The van der Waals surface area contributed by atoms with E-state index in [-0.39, 0.29) is 10.8 Å². The number of thiazole rings is 1. The number of anilines is 1. The molecule has 0 unspecified atom stereocenters. The molecule has 3 aromatic carbocycles. The quantitative estimate of drug-likeness (QED) is 0.443. The molecule has 0 saturated carbocycles. The summed E-state index contributed by atoms with van der Waals surface area (Å²) >= 11 is 1.47. The van der Waals surface area contributed by atoms with Crippen molar-refractivity contribution in [2.45, 2.75) is 11.3 Å². The van der Waals surface area contributed by atoms with E-state index in [1.54, 1.807) is 17.0 Å². The molecule has 1 aromatic heterocycles. The number of nitrogens with zero attached hydrogens (tertiary/aromatic N) is 2. The summed E-state index contributed by atoms with van der Waals surface area (Å²) in [7, 11) is -3.32. The third kappa shape index (κ3) is 4.42. The van der Waals surface area contributed by atoms with Crippen LogP contribution in [0.5, 0.6) is 0 Å². The van der Waals surface area contributed by atoms with Gasteiger partial charge in [-0.15, -0.1) is 0 Å². The Balaban J connectivity index is 1.67. The Morgan fingerprint density at radius 3 is 2.27 bits per heavy atom. The van der Waals surface area contributed by atoms with E-state index in [1.165, 1.54) is 23.5 Å². The first-order chi connectivity index (χ1) is 14.4. The number of rotatable bonds is 6. The molecule has 1 heterocycles. The van der Waals surface area contributed by atoms with Crippen molar-refractivity contribution in [3.63, 3.8) is 0 Å². The van der Waals surface area contributed by atoms with E-state index in [2.05, 4.69) is 4.98 Å². The third-order valence-corrected chi connectivity index (χ3v) is 6.94. The van der Waals surface area contributed by atoms with E-state index < -0.39 is 9.84 Å². The van der Waals surface area contributed by atoms with Gasteiger partial charge in [0.25, 0.3) is 5.91 Å². The van der Waals surface area contributed by atoms with Crippen molar-refractivity contribution in [1.29, 1.82) is 0 Å². The minimum Gasteiger partial charge on any atom is -0.284 e. The zero-order valence-corrected chi connectivity index (χ0v) is 18.0. The molecule has 0 aliphatic heterocycles. The Labute approximate surface area is 179 Å². The Bertz CT molecular complexity index is 1250. The van der Waals surface area contributed by atoms with Gasteiger partial charge in [0.2, 0.25) is 0 Å². The molecular weight excluding hydrogens is 416 g/mol. The third-order valence-electron chi connectivity index (χ3n) is 4.75. The van der Waals surface area contributed by atoms with Crippen molar-refractivity contribution >= 4 is 42.4 Å². The van der Waals surface area contributed by atoms with Gasteiger partial charge in [0.05, 0.1) is 15.1 Å². The highest BCUT2D eigenvalue weighted by Gasteiger charge is 2.22. The molecular formula is C23H20N2O3S2. The maximum absolute atomic E-state index is 13.3. The summed E-state index contributed by atoms with van der Waals surface area (Å²) in [6, 6.07) is 23.8. The molecule has 0 radical (unpaired) electrons. The fourth-order valence-corrected chi connectivity index (χ4v) is 4.77. The number of benzene rings is 3. The molecule has 0 atom stereocenters. The van der Waals surface area contributed by atoms with Gasteiger partial charge in [-0.25, -0.2) is 13.4 Å². The van der Waals surface area contributed by atoms with Crippen LogP contribution in [-0.4, -0.2) is 32.1 Å². The van der Waals surface area contributed by atoms with Crippen LogP contribution in [0.25, 0.3) is 10.2 Å². The van der Waals surface area contributed by atoms with Crippen LogP contribution in [0.4, 0.5) is 5.13 Å². The second-order valence-electron chi connectivity index (χ2n) is 6.95. The molecule has 0 fully saturated rings. The molecule has 0 bridgehead atoms. The minimum atomic E-state index is -3.32. The van der Waals surface area contributed by atoms with Crippen molar-refractivity contribution in [2.75, 3.05) is 17.7 Å². The lowest BCUT2D eigenvalue weighted by Crippen LogP contribution is -2.32. The average Bonchev–Trinajstić information content (AvgIpc) is 3.18. The number of hydrogen-bond acceptors (Lipinski definition) is 5. The number of fused-ring (bicyclic) bond motifs is 1. The van der Waals surface area contributed by atoms with Crippen LogP contribution in [0.15, 0.2) is 83.8 Å². The summed E-state index contributed by atoms with van der Waals surface area (Å²) < 4.78 is 24.5. The normalized spacial score (nSPS) is 11.5. The van der Waals surface area contributed by atoms with Gasteiger partial charge in [0.15, 0.2) is 15.0 Å². The predicted molar refractivity (Wildman–Crippen MR) is 121 cm³/mol. The number of carbonyl (C=O) groups is 1. The van der Waals surface area contributed by atoms with Gasteiger partial charge in [-0.2, -0.15) is 0 Å².